The van der Waals surface area contributed by atoms with Crippen molar-refractivity contribution in [2.75, 3.05) is 26.3 Å². The van der Waals surface area contributed by atoms with Gasteiger partial charge in [-0.3, -0.25) is 4.79 Å². The summed E-state index contributed by atoms with van der Waals surface area (Å²) in [5.74, 6) is 0.848. The molecular weight excluding hydrogens is 178 g/mol. The van der Waals surface area contributed by atoms with Crippen LogP contribution in [0, 0.1) is 5.92 Å². The van der Waals surface area contributed by atoms with E-state index in [4.69, 9.17) is 4.74 Å². The highest BCUT2D eigenvalue weighted by Crippen LogP contribution is 2.18. The second kappa shape index (κ2) is 6.74. The van der Waals surface area contributed by atoms with E-state index in [0.29, 0.717) is 31.2 Å². The highest BCUT2D eigenvalue weighted by Gasteiger charge is 2.16. The lowest BCUT2D eigenvalue weighted by Crippen LogP contribution is -2.26. The number of ketones is 1. The number of carbonyl (C=O) groups is 1. The van der Waals surface area contributed by atoms with Crippen molar-refractivity contribution in [1.29, 1.82) is 0 Å². The van der Waals surface area contributed by atoms with E-state index in [1.165, 1.54) is 0 Å². The Balaban J connectivity index is 2.09. The van der Waals surface area contributed by atoms with E-state index in [-0.39, 0.29) is 0 Å². The highest BCUT2D eigenvalue weighted by molar-refractivity contribution is 5.80. The molecule has 3 nitrogen and oxygen atoms in total. The zero-order valence-electron chi connectivity index (χ0n) is 8.63. The number of carbonyl (C=O) groups excluding carboxylic acids is 1. The smallest absolute Gasteiger partial charge is 0.146 e. The van der Waals surface area contributed by atoms with Crippen molar-refractivity contribution in [3.05, 3.63) is 12.7 Å². The minimum atomic E-state index is 0.304. The van der Waals surface area contributed by atoms with Crippen LogP contribution in [0.3, 0.4) is 0 Å². The van der Waals surface area contributed by atoms with Crippen LogP contribution in [-0.4, -0.2) is 32.1 Å². The first kappa shape index (κ1) is 11.4. The van der Waals surface area contributed by atoms with Crippen LogP contribution in [0.4, 0.5) is 0 Å². The number of hydrogen-bond acceptors (Lipinski definition) is 3. The summed E-state index contributed by atoms with van der Waals surface area (Å²) >= 11 is 0. The number of nitrogens with one attached hydrogen (secondary N) is 1. The first-order valence-corrected chi connectivity index (χ1v) is 5.24. The van der Waals surface area contributed by atoms with Crippen LogP contribution in [0.25, 0.3) is 0 Å². The van der Waals surface area contributed by atoms with E-state index in [9.17, 15) is 4.79 Å². The fourth-order valence-electron chi connectivity index (χ4n) is 1.66. The summed E-state index contributed by atoms with van der Waals surface area (Å²) in [7, 11) is 0. The molecule has 0 unspecified atom stereocenters. The molecular formula is C11H19NO2. The molecule has 1 aliphatic heterocycles. The molecule has 1 aliphatic rings. The van der Waals surface area contributed by atoms with Gasteiger partial charge in [-0.1, -0.05) is 6.08 Å². The molecule has 0 aromatic carbocycles. The summed E-state index contributed by atoms with van der Waals surface area (Å²) in [5.41, 5.74) is 0. The summed E-state index contributed by atoms with van der Waals surface area (Å²) in [6, 6.07) is 0. The van der Waals surface area contributed by atoms with Gasteiger partial charge in [0.25, 0.3) is 0 Å². The third-order valence-corrected chi connectivity index (χ3v) is 2.47. The molecule has 0 atom stereocenters. The average Bonchev–Trinajstić information content (AvgIpc) is 2.20. The molecule has 3 heteroatoms. The zero-order valence-corrected chi connectivity index (χ0v) is 8.63. The van der Waals surface area contributed by atoms with Gasteiger partial charge >= 0.3 is 0 Å². The lowest BCUT2D eigenvalue weighted by Gasteiger charge is -2.21. The molecule has 80 valence electrons. The van der Waals surface area contributed by atoms with E-state index in [0.717, 1.165) is 26.1 Å². The molecule has 1 rings (SSSR count). The minimum Gasteiger partial charge on any atom is -0.381 e. The van der Waals surface area contributed by atoms with Gasteiger partial charge in [0.2, 0.25) is 0 Å². The monoisotopic (exact) mass is 197 g/mol. The Kier molecular flexibility index (Phi) is 5.49. The van der Waals surface area contributed by atoms with Gasteiger partial charge < -0.3 is 10.1 Å². The quantitative estimate of drug-likeness (QED) is 0.513. The van der Waals surface area contributed by atoms with E-state index in [2.05, 4.69) is 11.9 Å². The molecule has 0 aliphatic carbocycles. The second-order valence-electron chi connectivity index (χ2n) is 3.72. The van der Waals surface area contributed by atoms with Crippen molar-refractivity contribution in [1.82, 2.24) is 5.32 Å². The predicted molar refractivity (Wildman–Crippen MR) is 56.2 cm³/mol. The molecule has 0 aromatic heterocycles. The molecule has 1 saturated heterocycles. The first-order valence-electron chi connectivity index (χ1n) is 5.24. The maximum Gasteiger partial charge on any atom is 0.146 e. The summed E-state index contributed by atoms with van der Waals surface area (Å²) in [5, 5.41) is 3.03. The van der Waals surface area contributed by atoms with Gasteiger partial charge in [-0.2, -0.15) is 0 Å². The van der Waals surface area contributed by atoms with Gasteiger partial charge in [-0.25, -0.2) is 0 Å². The Labute approximate surface area is 85.5 Å². The summed E-state index contributed by atoms with van der Waals surface area (Å²) in [4.78, 5) is 11.4. The molecule has 1 N–H and O–H groups in total. The second-order valence-corrected chi connectivity index (χ2v) is 3.72. The summed E-state index contributed by atoms with van der Waals surface area (Å²) < 4.78 is 5.24. The lowest BCUT2D eigenvalue weighted by molar-refractivity contribution is -0.119. The minimum absolute atomic E-state index is 0.304. The van der Waals surface area contributed by atoms with Gasteiger partial charge in [0, 0.05) is 26.2 Å². The highest BCUT2D eigenvalue weighted by atomic mass is 16.5. The van der Waals surface area contributed by atoms with Crippen molar-refractivity contribution in [3.8, 4) is 0 Å². The van der Waals surface area contributed by atoms with Gasteiger partial charge in [0.05, 0.1) is 6.54 Å². The van der Waals surface area contributed by atoms with E-state index >= 15 is 0 Å². The molecule has 0 bridgehead atoms. The van der Waals surface area contributed by atoms with Crippen LogP contribution >= 0.6 is 0 Å². The van der Waals surface area contributed by atoms with Crippen LogP contribution in [-0.2, 0) is 9.53 Å². The van der Waals surface area contributed by atoms with Crippen molar-refractivity contribution in [2.45, 2.75) is 19.3 Å². The molecule has 0 radical (unpaired) electrons. The molecule has 1 heterocycles. The SMILES string of the molecule is C=CCNCC(=O)CC1CCOCC1. The number of hydrogen-bond donors (Lipinski definition) is 1. The molecule has 0 saturated carbocycles. The predicted octanol–water partition coefficient (Wildman–Crippen LogP) is 1.15. The molecule has 0 amide bonds. The number of rotatable bonds is 6. The molecule has 0 spiro atoms. The Morgan fingerprint density at radius 2 is 2.21 bits per heavy atom. The van der Waals surface area contributed by atoms with Gasteiger partial charge in [-0.15, -0.1) is 6.58 Å². The van der Waals surface area contributed by atoms with Crippen LogP contribution in [0.5, 0.6) is 0 Å². The third kappa shape index (κ3) is 4.53. The Hall–Kier alpha value is -0.670. The maximum atomic E-state index is 11.4. The number of Topliss-reactive ketones (excluding diaryl/α,β-unsaturated/α-hetero) is 1. The van der Waals surface area contributed by atoms with Crippen molar-refractivity contribution in [3.63, 3.8) is 0 Å². The molecule has 14 heavy (non-hydrogen) atoms. The van der Waals surface area contributed by atoms with Crippen LogP contribution in [0.1, 0.15) is 19.3 Å². The van der Waals surface area contributed by atoms with Crippen LogP contribution < -0.4 is 5.32 Å². The van der Waals surface area contributed by atoms with Gasteiger partial charge in [0.15, 0.2) is 0 Å². The zero-order chi connectivity index (χ0) is 10.2. The third-order valence-electron chi connectivity index (χ3n) is 2.47. The van der Waals surface area contributed by atoms with E-state index in [1.807, 2.05) is 0 Å². The van der Waals surface area contributed by atoms with Crippen molar-refractivity contribution < 1.29 is 9.53 Å². The largest absolute Gasteiger partial charge is 0.381 e. The summed E-state index contributed by atoms with van der Waals surface area (Å²) in [6.45, 7) is 6.40. The Bertz CT molecular complexity index is 186. The molecule has 1 fully saturated rings. The van der Waals surface area contributed by atoms with Crippen molar-refractivity contribution in [2.24, 2.45) is 5.92 Å². The molecule has 0 aromatic rings. The first-order chi connectivity index (χ1) is 6.83. The van der Waals surface area contributed by atoms with E-state index in [1.54, 1.807) is 6.08 Å². The average molecular weight is 197 g/mol. The summed E-state index contributed by atoms with van der Waals surface area (Å²) in [6.07, 6.45) is 4.54. The standard InChI is InChI=1S/C11H19NO2/c1-2-5-12-9-11(13)8-10-3-6-14-7-4-10/h2,10,12H,1,3-9H2. The maximum absolute atomic E-state index is 11.4. The van der Waals surface area contributed by atoms with Gasteiger partial charge in [-0.05, 0) is 18.8 Å². The topological polar surface area (TPSA) is 38.3 Å². The fourth-order valence-corrected chi connectivity index (χ4v) is 1.66. The number of ether oxygens (including phenoxy) is 1. The lowest BCUT2D eigenvalue weighted by atomic mass is 9.94. The van der Waals surface area contributed by atoms with Crippen LogP contribution in [0.15, 0.2) is 12.7 Å². The van der Waals surface area contributed by atoms with Crippen LogP contribution in [0.2, 0.25) is 0 Å². The van der Waals surface area contributed by atoms with Gasteiger partial charge in [0.1, 0.15) is 5.78 Å². The normalized spacial score (nSPS) is 18.0. The Morgan fingerprint density at radius 1 is 1.50 bits per heavy atom. The van der Waals surface area contributed by atoms with E-state index < -0.39 is 0 Å². The fraction of sp³-hybridized carbons (Fsp3) is 0.727. The Morgan fingerprint density at radius 3 is 2.86 bits per heavy atom. The van der Waals surface area contributed by atoms with Crippen molar-refractivity contribution >= 4 is 5.78 Å².